The van der Waals surface area contributed by atoms with Gasteiger partial charge in [0.2, 0.25) is 5.91 Å². The minimum Gasteiger partial charge on any atom is -0.323 e. The smallest absolute Gasteiger partial charge is 0.241 e. The number of nitrogens with one attached hydrogen (secondary N) is 1. The second-order valence-corrected chi connectivity index (χ2v) is 5.74. The van der Waals surface area contributed by atoms with E-state index in [0.29, 0.717) is 12.2 Å². The number of anilines is 1. The number of hydrogen-bond acceptors (Lipinski definition) is 2. The number of rotatable bonds is 5. The van der Waals surface area contributed by atoms with Crippen LogP contribution in [0, 0.1) is 11.6 Å². The van der Waals surface area contributed by atoms with Crippen molar-refractivity contribution in [1.29, 1.82) is 0 Å². The van der Waals surface area contributed by atoms with Crippen molar-refractivity contribution >= 4 is 23.2 Å². The number of nitrogens with zero attached hydrogens (tertiary/aromatic N) is 1. The highest BCUT2D eigenvalue weighted by Crippen LogP contribution is 2.22. The summed E-state index contributed by atoms with van der Waals surface area (Å²) in [7, 11) is 1.77. The summed E-state index contributed by atoms with van der Waals surface area (Å²) in [5.41, 5.74) is 1.12. The van der Waals surface area contributed by atoms with Crippen LogP contribution in [0.15, 0.2) is 42.5 Å². The Morgan fingerprint density at radius 1 is 1.22 bits per heavy atom. The summed E-state index contributed by atoms with van der Waals surface area (Å²) in [6, 6.07) is 9.52. The zero-order valence-corrected chi connectivity index (χ0v) is 13.6. The first kappa shape index (κ1) is 17.4. The number of halogens is 3. The van der Waals surface area contributed by atoms with Crippen LogP contribution in [0.2, 0.25) is 5.02 Å². The van der Waals surface area contributed by atoms with E-state index in [4.69, 9.17) is 11.6 Å². The normalized spacial score (nSPS) is 12.3. The number of likely N-dealkylation sites (N-methyl/N-ethyl adjacent to an activating group) is 1. The van der Waals surface area contributed by atoms with Crippen molar-refractivity contribution in [2.75, 3.05) is 12.4 Å². The van der Waals surface area contributed by atoms with E-state index in [9.17, 15) is 13.6 Å². The number of benzene rings is 2. The van der Waals surface area contributed by atoms with Crippen molar-refractivity contribution in [2.45, 2.75) is 19.5 Å². The Morgan fingerprint density at radius 2 is 1.91 bits per heavy atom. The Hall–Kier alpha value is -1.98. The lowest BCUT2D eigenvalue weighted by Crippen LogP contribution is -2.39. The largest absolute Gasteiger partial charge is 0.323 e. The van der Waals surface area contributed by atoms with Crippen LogP contribution in [0.5, 0.6) is 0 Å². The molecule has 0 aliphatic heterocycles. The zero-order chi connectivity index (χ0) is 17.0. The molecule has 0 radical (unpaired) electrons. The summed E-state index contributed by atoms with van der Waals surface area (Å²) >= 11 is 5.90. The van der Waals surface area contributed by atoms with Gasteiger partial charge in [0.15, 0.2) is 0 Å². The third kappa shape index (κ3) is 4.74. The van der Waals surface area contributed by atoms with Crippen LogP contribution in [0.3, 0.4) is 0 Å². The molecule has 6 heteroatoms. The Labute approximate surface area is 138 Å². The highest BCUT2D eigenvalue weighted by atomic mass is 35.5. The van der Waals surface area contributed by atoms with E-state index in [1.165, 1.54) is 24.3 Å². The van der Waals surface area contributed by atoms with Crippen LogP contribution in [-0.2, 0) is 11.3 Å². The van der Waals surface area contributed by atoms with E-state index in [0.717, 1.165) is 11.6 Å². The van der Waals surface area contributed by atoms with Gasteiger partial charge in [-0.2, -0.15) is 0 Å². The molecule has 23 heavy (non-hydrogen) atoms. The monoisotopic (exact) mass is 338 g/mol. The maximum atomic E-state index is 13.2. The lowest BCUT2D eigenvalue weighted by molar-refractivity contribution is -0.120. The van der Waals surface area contributed by atoms with Crippen molar-refractivity contribution in [3.05, 3.63) is 64.7 Å². The van der Waals surface area contributed by atoms with Gasteiger partial charge in [-0.15, -0.1) is 0 Å². The fraction of sp³-hybridized carbons (Fsp3) is 0.235. The van der Waals surface area contributed by atoms with Gasteiger partial charge >= 0.3 is 0 Å². The van der Waals surface area contributed by atoms with Crippen LogP contribution in [0.1, 0.15) is 12.5 Å². The molecule has 1 N–H and O–H groups in total. The molecule has 1 atom stereocenters. The average Bonchev–Trinajstić information content (AvgIpc) is 2.49. The molecule has 2 aromatic carbocycles. The lowest BCUT2D eigenvalue weighted by Gasteiger charge is -2.24. The van der Waals surface area contributed by atoms with Crippen LogP contribution < -0.4 is 5.32 Å². The highest BCUT2D eigenvalue weighted by Gasteiger charge is 2.19. The van der Waals surface area contributed by atoms with E-state index < -0.39 is 11.9 Å². The second kappa shape index (κ2) is 7.53. The number of carbonyl (C=O) groups is 1. The topological polar surface area (TPSA) is 32.3 Å². The molecule has 2 aromatic rings. The van der Waals surface area contributed by atoms with Crippen molar-refractivity contribution in [1.82, 2.24) is 4.90 Å². The van der Waals surface area contributed by atoms with Gasteiger partial charge in [-0.1, -0.05) is 23.7 Å². The standard InChI is InChI=1S/C17H17ClF2N2O/c1-11(22(2)10-12-4-3-5-13(19)8-12)17(23)21-16-7-6-14(20)9-15(16)18/h3-9,11H,10H2,1-2H3,(H,21,23)/t11-/m0/s1. The lowest BCUT2D eigenvalue weighted by atomic mass is 10.2. The van der Waals surface area contributed by atoms with Crippen molar-refractivity contribution in [2.24, 2.45) is 0 Å². The van der Waals surface area contributed by atoms with Gasteiger partial charge in [-0.05, 0) is 49.9 Å². The third-order valence-electron chi connectivity index (χ3n) is 3.55. The van der Waals surface area contributed by atoms with Crippen molar-refractivity contribution < 1.29 is 13.6 Å². The van der Waals surface area contributed by atoms with E-state index in [2.05, 4.69) is 5.32 Å². The summed E-state index contributed by atoms with van der Waals surface area (Å²) < 4.78 is 26.2. The first-order chi connectivity index (χ1) is 10.9. The van der Waals surface area contributed by atoms with Crippen LogP contribution >= 0.6 is 11.6 Å². The molecular weight excluding hydrogens is 322 g/mol. The molecule has 0 saturated carbocycles. The van der Waals surface area contributed by atoms with Crippen molar-refractivity contribution in [3.63, 3.8) is 0 Å². The summed E-state index contributed by atoms with van der Waals surface area (Å²) in [6.07, 6.45) is 0. The summed E-state index contributed by atoms with van der Waals surface area (Å²) in [5, 5.41) is 2.80. The molecule has 0 unspecified atom stereocenters. The predicted molar refractivity (Wildman–Crippen MR) is 87.4 cm³/mol. The Kier molecular flexibility index (Phi) is 5.69. The third-order valence-corrected chi connectivity index (χ3v) is 3.86. The summed E-state index contributed by atoms with van der Waals surface area (Å²) in [5.74, 6) is -1.06. The Bertz CT molecular complexity index is 709. The molecule has 122 valence electrons. The number of carbonyl (C=O) groups excluding carboxylic acids is 1. The maximum Gasteiger partial charge on any atom is 0.241 e. The molecule has 0 bridgehead atoms. The van der Waals surface area contributed by atoms with Gasteiger partial charge in [0, 0.05) is 6.54 Å². The van der Waals surface area contributed by atoms with E-state index >= 15 is 0 Å². The molecule has 0 aromatic heterocycles. The molecule has 0 fully saturated rings. The van der Waals surface area contributed by atoms with Gasteiger partial charge in [0.25, 0.3) is 0 Å². The number of amides is 1. The van der Waals surface area contributed by atoms with Gasteiger partial charge in [-0.25, -0.2) is 8.78 Å². The average molecular weight is 339 g/mol. The summed E-state index contributed by atoms with van der Waals surface area (Å²) in [6.45, 7) is 2.15. The molecule has 1 amide bonds. The predicted octanol–water partition coefficient (Wildman–Crippen LogP) is 4.08. The maximum absolute atomic E-state index is 13.2. The summed E-state index contributed by atoms with van der Waals surface area (Å²) in [4.78, 5) is 14.0. The minimum absolute atomic E-state index is 0.137. The van der Waals surface area contributed by atoms with Gasteiger partial charge in [0.05, 0.1) is 16.8 Å². The quantitative estimate of drug-likeness (QED) is 0.891. The molecule has 0 spiro atoms. The van der Waals surface area contributed by atoms with Crippen LogP contribution in [-0.4, -0.2) is 23.9 Å². The fourth-order valence-corrected chi connectivity index (χ4v) is 2.30. The molecule has 0 saturated heterocycles. The SMILES string of the molecule is C[C@@H](C(=O)Nc1ccc(F)cc1Cl)N(C)Cc1cccc(F)c1. The first-order valence-electron chi connectivity index (χ1n) is 7.07. The Morgan fingerprint density at radius 3 is 2.57 bits per heavy atom. The number of hydrogen-bond donors (Lipinski definition) is 1. The Balaban J connectivity index is 2.01. The minimum atomic E-state index is -0.473. The van der Waals surface area contributed by atoms with Gasteiger partial charge in [-0.3, -0.25) is 9.69 Å². The zero-order valence-electron chi connectivity index (χ0n) is 12.8. The van der Waals surface area contributed by atoms with Crippen LogP contribution in [0.25, 0.3) is 0 Å². The van der Waals surface area contributed by atoms with E-state index in [1.54, 1.807) is 31.0 Å². The van der Waals surface area contributed by atoms with Gasteiger partial charge < -0.3 is 5.32 Å². The van der Waals surface area contributed by atoms with E-state index in [1.807, 2.05) is 0 Å². The highest BCUT2D eigenvalue weighted by molar-refractivity contribution is 6.33. The molecule has 3 nitrogen and oxygen atoms in total. The molecule has 2 rings (SSSR count). The molecule has 0 aliphatic rings. The van der Waals surface area contributed by atoms with E-state index in [-0.39, 0.29) is 16.7 Å². The molecule has 0 aliphatic carbocycles. The molecule has 0 heterocycles. The van der Waals surface area contributed by atoms with Crippen molar-refractivity contribution in [3.8, 4) is 0 Å². The molecular formula is C17H17ClF2N2O. The second-order valence-electron chi connectivity index (χ2n) is 5.33. The van der Waals surface area contributed by atoms with Gasteiger partial charge in [0.1, 0.15) is 11.6 Å². The fourth-order valence-electron chi connectivity index (χ4n) is 2.09. The first-order valence-corrected chi connectivity index (χ1v) is 7.45. The van der Waals surface area contributed by atoms with Crippen LogP contribution in [0.4, 0.5) is 14.5 Å².